The molecule has 0 N–H and O–H groups in total. The number of sulfonamides is 1. The average molecular weight is 516 g/mol. The predicted octanol–water partition coefficient (Wildman–Crippen LogP) is 6.21. The van der Waals surface area contributed by atoms with E-state index in [1.54, 1.807) is 25.1 Å². The lowest BCUT2D eigenvalue weighted by Crippen LogP contribution is -2.53. The van der Waals surface area contributed by atoms with Crippen molar-refractivity contribution in [2.45, 2.75) is 45.3 Å². The molecule has 0 bridgehead atoms. The molecule has 10 heteroatoms. The lowest BCUT2D eigenvalue weighted by Gasteiger charge is -2.45. The van der Waals surface area contributed by atoms with Crippen LogP contribution in [0.4, 0.5) is 23.7 Å². The van der Waals surface area contributed by atoms with Crippen LogP contribution in [-0.4, -0.2) is 25.0 Å². The lowest BCUT2D eigenvalue weighted by molar-refractivity contribution is -0.137. The first-order valence-corrected chi connectivity index (χ1v) is 13.1. The fourth-order valence-corrected chi connectivity index (χ4v) is 5.93. The summed E-state index contributed by atoms with van der Waals surface area (Å²) in [4.78, 5) is 15.0. The van der Waals surface area contributed by atoms with E-state index in [-0.39, 0.29) is 5.69 Å². The van der Waals surface area contributed by atoms with Crippen LogP contribution in [0.5, 0.6) is 0 Å². The summed E-state index contributed by atoms with van der Waals surface area (Å²) in [5, 5.41) is 9.28. The Labute approximate surface area is 208 Å². The lowest BCUT2D eigenvalue weighted by atomic mass is 9.80. The largest absolute Gasteiger partial charge is 0.416 e. The number of rotatable bonds is 3. The average Bonchev–Trinajstić information content (AvgIpc) is 2.81. The van der Waals surface area contributed by atoms with E-state index in [1.807, 2.05) is 19.1 Å². The second-order valence-electron chi connectivity index (χ2n) is 8.84. The summed E-state index contributed by atoms with van der Waals surface area (Å²) < 4.78 is 67.4. The molecule has 4 rings (SSSR count). The second-order valence-corrected chi connectivity index (χ2v) is 10.7. The molecule has 2 aromatic rings. The van der Waals surface area contributed by atoms with E-state index >= 15 is 0 Å². The van der Waals surface area contributed by atoms with Crippen molar-refractivity contribution >= 4 is 21.7 Å². The Kier molecular flexibility index (Phi) is 6.47. The summed E-state index contributed by atoms with van der Waals surface area (Å²) in [6, 6.07) is 9.25. The third-order valence-corrected chi connectivity index (χ3v) is 7.59. The molecule has 2 aliphatic rings. The Morgan fingerprint density at radius 3 is 2.44 bits per heavy atom. The molecule has 0 saturated heterocycles. The Morgan fingerprint density at radius 2 is 1.86 bits per heavy atom. The van der Waals surface area contributed by atoms with Gasteiger partial charge in [0.1, 0.15) is 6.04 Å². The maximum atomic E-state index is 13.9. The normalized spacial score (nSPS) is 20.0. The number of carbonyl (C=O) groups excluding carboxylic acids is 1. The number of urea groups is 1. The van der Waals surface area contributed by atoms with Crippen LogP contribution in [0.2, 0.25) is 0 Å². The van der Waals surface area contributed by atoms with Gasteiger partial charge in [0, 0.05) is 11.3 Å². The van der Waals surface area contributed by atoms with Crippen LogP contribution in [0, 0.1) is 18.3 Å². The van der Waals surface area contributed by atoms with E-state index < -0.39 is 33.8 Å². The Hall–Kier alpha value is -3.58. The van der Waals surface area contributed by atoms with Crippen molar-refractivity contribution in [1.82, 2.24) is 4.31 Å². The number of nitriles is 1. The molecule has 2 aromatic carbocycles. The number of alkyl halides is 3. The molecule has 1 atom stereocenters. The molecule has 1 aliphatic carbocycles. The van der Waals surface area contributed by atoms with Crippen LogP contribution in [0.3, 0.4) is 0 Å². The van der Waals surface area contributed by atoms with Crippen LogP contribution in [0.25, 0.3) is 0 Å². The summed E-state index contributed by atoms with van der Waals surface area (Å²) >= 11 is 0. The van der Waals surface area contributed by atoms with Crippen molar-refractivity contribution in [2.75, 3.05) is 11.2 Å². The second kappa shape index (κ2) is 9.13. The summed E-state index contributed by atoms with van der Waals surface area (Å²) in [5.41, 5.74) is 2.44. The van der Waals surface area contributed by atoms with Gasteiger partial charge in [-0.3, -0.25) is 4.90 Å². The molecular weight excluding hydrogens is 491 g/mol. The molecule has 36 heavy (non-hydrogen) atoms. The molecule has 0 saturated carbocycles. The van der Waals surface area contributed by atoms with Crippen LogP contribution in [0.15, 0.2) is 65.4 Å². The van der Waals surface area contributed by atoms with Gasteiger partial charge in [-0.05, 0) is 80.1 Å². The van der Waals surface area contributed by atoms with Crippen LogP contribution in [0.1, 0.15) is 54.5 Å². The number of hydrogen-bond donors (Lipinski definition) is 0. The van der Waals surface area contributed by atoms with Gasteiger partial charge >= 0.3 is 12.2 Å². The van der Waals surface area contributed by atoms with Crippen molar-refractivity contribution in [3.05, 3.63) is 87.6 Å². The zero-order valence-corrected chi connectivity index (χ0v) is 20.7. The number of benzene rings is 2. The molecule has 1 heterocycles. The van der Waals surface area contributed by atoms with E-state index in [0.717, 1.165) is 33.2 Å². The van der Waals surface area contributed by atoms with Gasteiger partial charge in [-0.2, -0.15) is 18.4 Å². The zero-order chi connectivity index (χ0) is 26.4. The molecule has 1 unspecified atom stereocenters. The summed E-state index contributed by atoms with van der Waals surface area (Å²) in [5.74, 6) is 0. The van der Waals surface area contributed by atoms with Gasteiger partial charge < -0.3 is 0 Å². The van der Waals surface area contributed by atoms with Crippen molar-refractivity contribution in [3.63, 3.8) is 0 Å². The van der Waals surface area contributed by atoms with Gasteiger partial charge in [0.15, 0.2) is 0 Å². The monoisotopic (exact) mass is 515 g/mol. The van der Waals surface area contributed by atoms with Gasteiger partial charge in [-0.25, -0.2) is 17.5 Å². The number of nitrogens with zero attached hydrogens (tertiary/aromatic N) is 3. The maximum Gasteiger partial charge on any atom is 0.416 e. The molecule has 1 aliphatic heterocycles. The van der Waals surface area contributed by atoms with E-state index in [1.165, 1.54) is 12.1 Å². The first-order valence-electron chi connectivity index (χ1n) is 11.3. The molecule has 0 radical (unpaired) electrons. The Bertz CT molecular complexity index is 1450. The minimum atomic E-state index is -4.63. The summed E-state index contributed by atoms with van der Waals surface area (Å²) in [7, 11) is -4.17. The quantitative estimate of drug-likeness (QED) is 0.487. The van der Waals surface area contributed by atoms with E-state index in [9.17, 15) is 31.6 Å². The number of carbonyl (C=O) groups is 1. The number of anilines is 1. The number of halogens is 3. The standard InChI is InChI=1S/C26H24F3N3O3S/c1-4-18-7-5-10-22-23(18)24(21-12-11-17(15-30)13-16(21)2)32(36(3,34)35)25(33)31(22)20-9-6-8-19(14-20)26(27,28)29/h4,6,8-9,11-14,24H,5,7,10H2,1-3H3. The van der Waals surface area contributed by atoms with Gasteiger partial charge in [-0.1, -0.05) is 18.2 Å². The van der Waals surface area contributed by atoms with Crippen molar-refractivity contribution in [1.29, 1.82) is 5.26 Å². The fraction of sp³-hybridized carbons (Fsp3) is 0.308. The first-order chi connectivity index (χ1) is 16.9. The number of allylic oxidation sites excluding steroid dienone is 2. The highest BCUT2D eigenvalue weighted by atomic mass is 32.2. The number of amides is 2. The SMILES string of the molecule is CC=C1CCCC2=C1C(c1ccc(C#N)cc1C)N(S(C)(=O)=O)C(=O)N2c1cccc(C(F)(F)F)c1. The Balaban J connectivity index is 2.05. The molecular formula is C26H24F3N3O3S. The van der Waals surface area contributed by atoms with Crippen molar-refractivity contribution < 1.29 is 26.4 Å². The molecule has 6 nitrogen and oxygen atoms in total. The van der Waals surface area contributed by atoms with Crippen LogP contribution in [-0.2, 0) is 16.2 Å². The van der Waals surface area contributed by atoms with Gasteiger partial charge in [0.2, 0.25) is 10.0 Å². The van der Waals surface area contributed by atoms with E-state index in [4.69, 9.17) is 0 Å². The van der Waals surface area contributed by atoms with Gasteiger partial charge in [0.05, 0.1) is 29.1 Å². The minimum absolute atomic E-state index is 0.0525. The molecule has 2 amide bonds. The topological polar surface area (TPSA) is 81.5 Å². The van der Waals surface area contributed by atoms with Crippen molar-refractivity contribution in [2.24, 2.45) is 0 Å². The van der Waals surface area contributed by atoms with Crippen LogP contribution >= 0.6 is 0 Å². The molecule has 0 fully saturated rings. The van der Waals surface area contributed by atoms with Gasteiger partial charge in [0.25, 0.3) is 0 Å². The molecule has 0 aromatic heterocycles. The number of aryl methyl sites for hydroxylation is 1. The first kappa shape index (κ1) is 25.5. The van der Waals surface area contributed by atoms with Crippen molar-refractivity contribution in [3.8, 4) is 6.07 Å². The highest BCUT2D eigenvalue weighted by Gasteiger charge is 2.47. The smallest absolute Gasteiger partial charge is 0.265 e. The molecule has 188 valence electrons. The number of hydrogen-bond acceptors (Lipinski definition) is 4. The van der Waals surface area contributed by atoms with Crippen LogP contribution < -0.4 is 4.90 Å². The fourth-order valence-electron chi connectivity index (χ4n) is 4.96. The predicted molar refractivity (Wildman–Crippen MR) is 129 cm³/mol. The zero-order valence-electron chi connectivity index (χ0n) is 19.9. The Morgan fingerprint density at radius 1 is 1.14 bits per heavy atom. The minimum Gasteiger partial charge on any atom is -0.265 e. The highest BCUT2D eigenvalue weighted by molar-refractivity contribution is 7.88. The highest BCUT2D eigenvalue weighted by Crippen LogP contribution is 2.49. The summed E-state index contributed by atoms with van der Waals surface area (Å²) in [6.07, 6.45) is -0.210. The third-order valence-electron chi connectivity index (χ3n) is 6.51. The maximum absolute atomic E-state index is 13.9. The van der Waals surface area contributed by atoms with E-state index in [0.29, 0.717) is 47.2 Å². The molecule has 0 spiro atoms. The van der Waals surface area contributed by atoms with E-state index in [2.05, 4.69) is 0 Å². The van der Waals surface area contributed by atoms with Gasteiger partial charge in [-0.15, -0.1) is 0 Å². The summed E-state index contributed by atoms with van der Waals surface area (Å²) in [6.45, 7) is 3.54. The third kappa shape index (κ3) is 4.39.